The van der Waals surface area contributed by atoms with Crippen LogP contribution in [0.3, 0.4) is 0 Å². The normalized spacial score (nSPS) is 10.8. The number of hydrogen-bond acceptors (Lipinski definition) is 6. The molecule has 0 aliphatic rings. The Morgan fingerprint density at radius 1 is 1.04 bits per heavy atom. The van der Waals surface area contributed by atoms with Gasteiger partial charge in [-0.3, -0.25) is 4.84 Å². The van der Waals surface area contributed by atoms with Gasteiger partial charge < -0.3 is 9.47 Å². The van der Waals surface area contributed by atoms with Crippen molar-refractivity contribution in [2.24, 2.45) is 16.3 Å². The van der Waals surface area contributed by atoms with Crippen LogP contribution in [0.15, 0.2) is 65.0 Å². The molecule has 0 aromatic heterocycles. The Morgan fingerprint density at radius 3 is 2.50 bits per heavy atom. The van der Waals surface area contributed by atoms with Crippen LogP contribution in [0.1, 0.15) is 19.4 Å². The van der Waals surface area contributed by atoms with Gasteiger partial charge in [0, 0.05) is 10.8 Å². The van der Waals surface area contributed by atoms with Crippen LogP contribution in [-0.4, -0.2) is 12.8 Å². The molecular formula is C18H20N2O4. The number of ether oxygens (including phenoxy) is 2. The van der Waals surface area contributed by atoms with E-state index in [0.717, 1.165) is 11.3 Å². The van der Waals surface area contributed by atoms with Crippen LogP contribution in [0.2, 0.25) is 0 Å². The molecule has 0 N–H and O–H groups in total. The molecule has 0 saturated heterocycles. The van der Waals surface area contributed by atoms with Crippen molar-refractivity contribution in [2.45, 2.75) is 20.4 Å². The van der Waals surface area contributed by atoms with E-state index in [1.807, 2.05) is 30.3 Å². The summed E-state index contributed by atoms with van der Waals surface area (Å²) in [4.78, 5) is 16.0. The van der Waals surface area contributed by atoms with Crippen LogP contribution >= 0.6 is 0 Å². The molecule has 0 heterocycles. The van der Waals surface area contributed by atoms with E-state index >= 15 is 0 Å². The number of rotatable bonds is 7. The largest absolute Gasteiger partial charge is 0.542 e. The summed E-state index contributed by atoms with van der Waals surface area (Å²) in [6.07, 6.45) is -0.936. The Kier molecular flexibility index (Phi) is 6.76. The molecule has 0 amide bonds. The van der Waals surface area contributed by atoms with Crippen LogP contribution in [0.25, 0.3) is 0 Å². The topological polar surface area (TPSA) is 69.5 Å². The molecule has 2 aromatic rings. The lowest BCUT2D eigenvalue weighted by Crippen LogP contribution is -2.07. The van der Waals surface area contributed by atoms with Crippen molar-refractivity contribution in [1.82, 2.24) is 0 Å². The Morgan fingerprint density at radius 2 is 1.75 bits per heavy atom. The van der Waals surface area contributed by atoms with Crippen LogP contribution < -0.4 is 9.47 Å². The molecule has 0 aliphatic carbocycles. The first kappa shape index (κ1) is 17.5. The second-order valence-electron chi connectivity index (χ2n) is 5.45. The molecular weight excluding hydrogens is 308 g/mol. The van der Waals surface area contributed by atoms with Gasteiger partial charge in [-0.05, 0) is 24.1 Å². The monoisotopic (exact) mass is 328 g/mol. The highest BCUT2D eigenvalue weighted by atomic mass is 16.8. The third kappa shape index (κ3) is 6.08. The Labute approximate surface area is 141 Å². The van der Waals surface area contributed by atoms with Gasteiger partial charge in [-0.1, -0.05) is 50.2 Å². The van der Waals surface area contributed by atoms with Crippen LogP contribution in [0.4, 0.5) is 4.79 Å². The van der Waals surface area contributed by atoms with E-state index in [2.05, 4.69) is 29.1 Å². The highest BCUT2D eigenvalue weighted by molar-refractivity contribution is 5.63. The number of benzene rings is 2. The number of carbonyl (C=O) groups excluding carboxylic acids is 1. The average molecular weight is 328 g/mol. The van der Waals surface area contributed by atoms with E-state index in [1.165, 1.54) is 0 Å². The predicted molar refractivity (Wildman–Crippen MR) is 88.9 cm³/mol. The van der Waals surface area contributed by atoms with E-state index in [4.69, 9.17) is 9.47 Å². The molecule has 0 saturated carbocycles. The summed E-state index contributed by atoms with van der Waals surface area (Å²) < 4.78 is 10.6. The zero-order chi connectivity index (χ0) is 17.2. The molecule has 0 atom stereocenters. The van der Waals surface area contributed by atoms with Gasteiger partial charge in [0.1, 0.15) is 11.5 Å². The molecule has 0 unspecified atom stereocenters. The lowest BCUT2D eigenvalue weighted by molar-refractivity contribution is 0.0931. The van der Waals surface area contributed by atoms with Gasteiger partial charge >= 0.3 is 6.16 Å². The van der Waals surface area contributed by atoms with Gasteiger partial charge in [0.05, 0.1) is 13.2 Å². The molecule has 0 radical (unpaired) electrons. The molecule has 0 bridgehead atoms. The number of nitrogens with zero attached hydrogens (tertiary/aromatic N) is 2. The summed E-state index contributed by atoms with van der Waals surface area (Å²) in [5.41, 5.74) is 0.863. The van der Waals surface area contributed by atoms with E-state index in [9.17, 15) is 4.79 Å². The third-order valence-electron chi connectivity index (χ3n) is 2.90. The van der Waals surface area contributed by atoms with Gasteiger partial charge in [0.2, 0.25) is 0 Å². The lowest BCUT2D eigenvalue weighted by Gasteiger charge is -2.11. The van der Waals surface area contributed by atoms with Crippen LogP contribution in [0.5, 0.6) is 11.5 Å². The smallest absolute Gasteiger partial charge is 0.493 e. The molecule has 0 spiro atoms. The number of para-hydroxylation sites is 2. The fourth-order valence-electron chi connectivity index (χ4n) is 1.80. The predicted octanol–water partition coefficient (Wildman–Crippen LogP) is 4.80. The molecule has 0 aliphatic heterocycles. The summed E-state index contributed by atoms with van der Waals surface area (Å²) in [7, 11) is 0. The number of carbonyl (C=O) groups is 1. The van der Waals surface area contributed by atoms with Gasteiger partial charge in [-0.25, -0.2) is 4.79 Å². The minimum atomic E-state index is -0.936. The Hall–Kier alpha value is -2.89. The van der Waals surface area contributed by atoms with Crippen molar-refractivity contribution in [2.75, 3.05) is 6.61 Å². The summed E-state index contributed by atoms with van der Waals surface area (Å²) in [5.74, 6) is 1.55. The first-order chi connectivity index (χ1) is 11.6. The fourth-order valence-corrected chi connectivity index (χ4v) is 1.80. The zero-order valence-electron chi connectivity index (χ0n) is 13.7. The second kappa shape index (κ2) is 9.29. The van der Waals surface area contributed by atoms with Crippen LogP contribution in [0, 0.1) is 5.92 Å². The summed E-state index contributed by atoms with van der Waals surface area (Å²) in [6, 6.07) is 16.1. The lowest BCUT2D eigenvalue weighted by atomic mass is 10.2. The summed E-state index contributed by atoms with van der Waals surface area (Å²) >= 11 is 0. The second-order valence-corrected chi connectivity index (χ2v) is 5.45. The summed E-state index contributed by atoms with van der Waals surface area (Å²) in [5, 5.41) is 7.23. The van der Waals surface area contributed by atoms with E-state index in [1.54, 1.807) is 24.3 Å². The van der Waals surface area contributed by atoms with E-state index in [0.29, 0.717) is 18.3 Å². The first-order valence-corrected chi connectivity index (χ1v) is 7.66. The first-order valence-electron chi connectivity index (χ1n) is 7.66. The Bertz CT molecular complexity index is 672. The molecule has 6 nitrogen and oxygen atoms in total. The maximum absolute atomic E-state index is 11.4. The van der Waals surface area contributed by atoms with Gasteiger partial charge in [-0.2, -0.15) is 0 Å². The van der Waals surface area contributed by atoms with Crippen molar-refractivity contribution in [3.63, 3.8) is 0 Å². The number of hydrogen-bond donors (Lipinski definition) is 0. The van der Waals surface area contributed by atoms with Gasteiger partial charge in [0.25, 0.3) is 0 Å². The minimum Gasteiger partial charge on any atom is -0.493 e. The van der Waals surface area contributed by atoms with Gasteiger partial charge in [0.15, 0.2) is 0 Å². The molecule has 2 rings (SSSR count). The van der Waals surface area contributed by atoms with E-state index < -0.39 is 6.16 Å². The molecule has 6 heteroatoms. The molecule has 126 valence electrons. The van der Waals surface area contributed by atoms with Crippen molar-refractivity contribution in [3.05, 3.63) is 60.2 Å². The van der Waals surface area contributed by atoms with Crippen molar-refractivity contribution in [3.8, 4) is 11.5 Å². The standard InChI is InChI=1S/C18H20N2O4/c1-14(2)13-22-17-11-7-6-8-15(17)12-19-20-24-18(21)23-16-9-4-3-5-10-16/h3-11,14H,12-13H2,1-2H3. The fraction of sp³-hybridized carbons (Fsp3) is 0.278. The highest BCUT2D eigenvalue weighted by Crippen LogP contribution is 2.19. The Balaban J connectivity index is 1.82. The summed E-state index contributed by atoms with van der Waals surface area (Å²) in [6.45, 7) is 5.02. The molecule has 0 fully saturated rings. The zero-order valence-corrected chi connectivity index (χ0v) is 13.7. The van der Waals surface area contributed by atoms with Gasteiger partial charge in [-0.15, -0.1) is 5.11 Å². The van der Waals surface area contributed by atoms with E-state index in [-0.39, 0.29) is 6.54 Å². The third-order valence-corrected chi connectivity index (χ3v) is 2.90. The molecule has 2 aromatic carbocycles. The maximum Gasteiger partial charge on any atom is 0.542 e. The molecule has 24 heavy (non-hydrogen) atoms. The van der Waals surface area contributed by atoms with Crippen molar-refractivity contribution < 1.29 is 19.1 Å². The van der Waals surface area contributed by atoms with Crippen molar-refractivity contribution in [1.29, 1.82) is 0 Å². The van der Waals surface area contributed by atoms with Crippen molar-refractivity contribution >= 4 is 6.16 Å². The quantitative estimate of drug-likeness (QED) is 0.317. The highest BCUT2D eigenvalue weighted by Gasteiger charge is 2.06. The SMILES string of the molecule is CC(C)COc1ccccc1CN=NOC(=O)Oc1ccccc1. The minimum absolute atomic E-state index is 0.243. The maximum atomic E-state index is 11.4. The van der Waals surface area contributed by atoms with Crippen LogP contribution in [-0.2, 0) is 11.4 Å². The average Bonchev–Trinajstić information content (AvgIpc) is 2.58.